The van der Waals surface area contributed by atoms with E-state index in [0.717, 1.165) is 5.56 Å². The van der Waals surface area contributed by atoms with E-state index in [1.165, 1.54) is 14.2 Å². The van der Waals surface area contributed by atoms with Gasteiger partial charge >= 0.3 is 0 Å². The number of methoxy groups -OCH3 is 2. The standard InChI is InChI=1S/C22H27N5O5/c1-29-18-8-13(7-14-10-26-22(25)27-21(14)24)9-19(30-2)20(18)32-12-16(28)11-31-17-5-3-15(23)4-6-17/h3-6,8-10,16,28H,7,11-12,23H2,1-2H3,(H4,24,25,26,27). The molecule has 170 valence electrons. The SMILES string of the molecule is COc1cc(Cc2cnc(N)nc2N)cc(OC)c1OCC(O)COc1ccc(N)cc1. The van der Waals surface area contributed by atoms with Gasteiger partial charge in [-0.1, -0.05) is 0 Å². The molecule has 0 fully saturated rings. The third kappa shape index (κ3) is 5.82. The summed E-state index contributed by atoms with van der Waals surface area (Å²) >= 11 is 0. The number of nitrogens with two attached hydrogens (primary N) is 3. The molecule has 0 amide bonds. The minimum Gasteiger partial charge on any atom is -0.493 e. The van der Waals surface area contributed by atoms with Crippen LogP contribution in [0.5, 0.6) is 23.0 Å². The van der Waals surface area contributed by atoms with Crippen molar-refractivity contribution in [3.8, 4) is 23.0 Å². The number of anilines is 3. The lowest BCUT2D eigenvalue weighted by Crippen LogP contribution is -2.25. The average molecular weight is 441 g/mol. The Morgan fingerprint density at radius 2 is 1.56 bits per heavy atom. The number of aliphatic hydroxyl groups excluding tert-OH is 1. The Kier molecular flexibility index (Phi) is 7.40. The topological polar surface area (TPSA) is 161 Å². The van der Waals surface area contributed by atoms with Crippen molar-refractivity contribution >= 4 is 17.5 Å². The molecular weight excluding hydrogens is 414 g/mol. The van der Waals surface area contributed by atoms with Gasteiger partial charge in [-0.25, -0.2) is 4.98 Å². The summed E-state index contributed by atoms with van der Waals surface area (Å²) < 4.78 is 22.3. The van der Waals surface area contributed by atoms with Crippen LogP contribution >= 0.6 is 0 Å². The number of benzene rings is 2. The van der Waals surface area contributed by atoms with E-state index in [9.17, 15) is 5.11 Å². The van der Waals surface area contributed by atoms with Gasteiger partial charge in [0, 0.05) is 23.9 Å². The quantitative estimate of drug-likeness (QED) is 0.340. The van der Waals surface area contributed by atoms with Crippen LogP contribution in [0.4, 0.5) is 17.5 Å². The average Bonchev–Trinajstić information content (AvgIpc) is 2.79. The Morgan fingerprint density at radius 1 is 0.938 bits per heavy atom. The summed E-state index contributed by atoms with van der Waals surface area (Å²) in [6, 6.07) is 10.5. The molecule has 10 heteroatoms. The second kappa shape index (κ2) is 10.4. The molecule has 2 aromatic carbocycles. The molecule has 0 saturated heterocycles. The molecule has 1 unspecified atom stereocenters. The minimum absolute atomic E-state index is 0.0280. The molecule has 1 atom stereocenters. The molecule has 0 spiro atoms. The molecule has 0 aliphatic heterocycles. The first-order valence-corrected chi connectivity index (χ1v) is 9.80. The fourth-order valence-electron chi connectivity index (χ4n) is 2.95. The molecule has 3 aromatic rings. The van der Waals surface area contributed by atoms with Crippen LogP contribution in [-0.4, -0.2) is 48.6 Å². The van der Waals surface area contributed by atoms with Gasteiger partial charge in [0.05, 0.1) is 14.2 Å². The number of hydrogen-bond acceptors (Lipinski definition) is 10. The summed E-state index contributed by atoms with van der Waals surface area (Å²) in [6.07, 6.45) is 1.14. The van der Waals surface area contributed by atoms with E-state index in [1.54, 1.807) is 42.6 Å². The normalized spacial score (nSPS) is 11.6. The predicted octanol–water partition coefficient (Wildman–Crippen LogP) is 1.65. The maximum absolute atomic E-state index is 10.3. The van der Waals surface area contributed by atoms with Crippen LogP contribution in [0.1, 0.15) is 11.1 Å². The molecule has 0 aliphatic carbocycles. The van der Waals surface area contributed by atoms with Gasteiger partial charge in [0.15, 0.2) is 11.5 Å². The van der Waals surface area contributed by atoms with Gasteiger partial charge in [0.1, 0.15) is 30.9 Å². The Labute approximate surface area is 185 Å². The number of rotatable bonds is 10. The molecule has 0 aliphatic rings. The van der Waals surface area contributed by atoms with Gasteiger partial charge < -0.3 is 41.3 Å². The van der Waals surface area contributed by atoms with Crippen molar-refractivity contribution < 1.29 is 24.1 Å². The summed E-state index contributed by atoms with van der Waals surface area (Å²) in [4.78, 5) is 7.96. The zero-order valence-electron chi connectivity index (χ0n) is 17.9. The van der Waals surface area contributed by atoms with E-state index in [4.69, 9.17) is 36.1 Å². The van der Waals surface area contributed by atoms with Gasteiger partial charge in [0.2, 0.25) is 11.7 Å². The fourth-order valence-corrected chi connectivity index (χ4v) is 2.95. The highest BCUT2D eigenvalue weighted by molar-refractivity contribution is 5.55. The second-order valence-corrected chi connectivity index (χ2v) is 6.99. The van der Waals surface area contributed by atoms with E-state index in [-0.39, 0.29) is 19.2 Å². The number of nitrogens with zero attached hydrogens (tertiary/aromatic N) is 2. The summed E-state index contributed by atoms with van der Waals surface area (Å²) in [7, 11) is 3.04. The van der Waals surface area contributed by atoms with Gasteiger partial charge in [-0.2, -0.15) is 4.98 Å². The first-order chi connectivity index (χ1) is 15.4. The van der Waals surface area contributed by atoms with Gasteiger partial charge in [-0.15, -0.1) is 0 Å². The maximum Gasteiger partial charge on any atom is 0.221 e. The van der Waals surface area contributed by atoms with Crippen molar-refractivity contribution in [3.05, 3.63) is 53.7 Å². The van der Waals surface area contributed by atoms with E-state index in [0.29, 0.717) is 46.5 Å². The predicted molar refractivity (Wildman–Crippen MR) is 121 cm³/mol. The molecule has 1 heterocycles. The van der Waals surface area contributed by atoms with Crippen LogP contribution < -0.4 is 36.1 Å². The molecule has 0 bridgehead atoms. The van der Waals surface area contributed by atoms with Gasteiger partial charge in [-0.05, 0) is 42.0 Å². The summed E-state index contributed by atoms with van der Waals surface area (Å²) in [6.45, 7) is 0.0167. The highest BCUT2D eigenvalue weighted by Gasteiger charge is 2.17. The number of ether oxygens (including phenoxy) is 4. The molecule has 10 nitrogen and oxygen atoms in total. The Bertz CT molecular complexity index is 1020. The molecule has 0 saturated carbocycles. The zero-order valence-corrected chi connectivity index (χ0v) is 17.9. The van der Waals surface area contributed by atoms with Crippen LogP contribution in [0.3, 0.4) is 0 Å². The van der Waals surface area contributed by atoms with E-state index in [2.05, 4.69) is 9.97 Å². The number of aromatic nitrogens is 2. The van der Waals surface area contributed by atoms with E-state index >= 15 is 0 Å². The Balaban J connectivity index is 1.68. The van der Waals surface area contributed by atoms with Crippen molar-refractivity contribution in [2.75, 3.05) is 44.6 Å². The second-order valence-electron chi connectivity index (χ2n) is 6.99. The lowest BCUT2D eigenvalue weighted by atomic mass is 10.1. The van der Waals surface area contributed by atoms with Crippen LogP contribution in [0, 0.1) is 0 Å². The minimum atomic E-state index is -0.881. The molecule has 1 aromatic heterocycles. The van der Waals surface area contributed by atoms with Crippen molar-refractivity contribution in [1.82, 2.24) is 9.97 Å². The van der Waals surface area contributed by atoms with Crippen molar-refractivity contribution in [3.63, 3.8) is 0 Å². The number of hydrogen-bond donors (Lipinski definition) is 4. The summed E-state index contributed by atoms with van der Waals surface area (Å²) in [5.74, 6) is 2.28. The Hall–Kier alpha value is -3.92. The fraction of sp³-hybridized carbons (Fsp3) is 0.273. The van der Waals surface area contributed by atoms with Crippen molar-refractivity contribution in [2.24, 2.45) is 0 Å². The highest BCUT2D eigenvalue weighted by Crippen LogP contribution is 2.39. The summed E-state index contributed by atoms with van der Waals surface area (Å²) in [5, 5.41) is 10.3. The third-order valence-electron chi connectivity index (χ3n) is 4.57. The highest BCUT2D eigenvalue weighted by atomic mass is 16.5. The molecule has 3 rings (SSSR count). The number of nitrogen functional groups attached to an aromatic ring is 3. The zero-order chi connectivity index (χ0) is 23.1. The van der Waals surface area contributed by atoms with Gasteiger partial charge in [-0.3, -0.25) is 0 Å². The molecule has 7 N–H and O–H groups in total. The molecule has 0 radical (unpaired) electrons. The lowest BCUT2D eigenvalue weighted by molar-refractivity contribution is 0.0606. The smallest absolute Gasteiger partial charge is 0.221 e. The van der Waals surface area contributed by atoms with Crippen LogP contribution in [0.2, 0.25) is 0 Å². The Morgan fingerprint density at radius 3 is 2.16 bits per heavy atom. The van der Waals surface area contributed by atoms with Crippen molar-refractivity contribution in [2.45, 2.75) is 12.5 Å². The maximum atomic E-state index is 10.3. The molecular formula is C22H27N5O5. The number of aliphatic hydroxyl groups is 1. The largest absolute Gasteiger partial charge is 0.493 e. The van der Waals surface area contributed by atoms with E-state index < -0.39 is 6.10 Å². The summed E-state index contributed by atoms with van der Waals surface area (Å²) in [5.41, 5.74) is 19.3. The van der Waals surface area contributed by atoms with Gasteiger partial charge in [0.25, 0.3) is 0 Å². The van der Waals surface area contributed by atoms with E-state index in [1.807, 2.05) is 0 Å². The first kappa shape index (κ1) is 22.8. The monoisotopic (exact) mass is 441 g/mol. The van der Waals surface area contributed by atoms with Crippen LogP contribution in [0.15, 0.2) is 42.6 Å². The lowest BCUT2D eigenvalue weighted by Gasteiger charge is -2.18. The van der Waals surface area contributed by atoms with Crippen molar-refractivity contribution in [1.29, 1.82) is 0 Å². The first-order valence-electron chi connectivity index (χ1n) is 9.80. The van der Waals surface area contributed by atoms with Crippen LogP contribution in [0.25, 0.3) is 0 Å². The molecule has 32 heavy (non-hydrogen) atoms. The van der Waals surface area contributed by atoms with Crippen LogP contribution in [-0.2, 0) is 6.42 Å². The third-order valence-corrected chi connectivity index (χ3v) is 4.57.